The molecule has 0 unspecified atom stereocenters. The molecule has 0 aliphatic rings. The molecule has 0 saturated carbocycles. The molecule has 3 N–H and O–H groups in total. The van der Waals surface area contributed by atoms with E-state index in [1.54, 1.807) is 6.20 Å². The molecule has 0 aliphatic carbocycles. The highest BCUT2D eigenvalue weighted by molar-refractivity contribution is 6.33. The Kier molecular flexibility index (Phi) is 1.99. The molecule has 0 amide bonds. The van der Waals surface area contributed by atoms with Crippen LogP contribution in [0.15, 0.2) is 36.5 Å². The molecule has 13 heavy (non-hydrogen) atoms. The molecular weight excluding hydrogens is 184 g/mol. The SMILES string of the molecule is Nc1c[nH]c(-c2ccccc2Cl)c1. The number of benzene rings is 1. The van der Waals surface area contributed by atoms with Gasteiger partial charge in [-0.15, -0.1) is 0 Å². The average molecular weight is 193 g/mol. The number of hydrogen-bond donors (Lipinski definition) is 2. The summed E-state index contributed by atoms with van der Waals surface area (Å²) in [5.41, 5.74) is 8.23. The standard InChI is InChI=1S/C10H9ClN2/c11-9-4-2-1-3-8(9)10-5-7(12)6-13-10/h1-6,13H,12H2. The van der Waals surface area contributed by atoms with Crippen LogP contribution >= 0.6 is 11.6 Å². The van der Waals surface area contributed by atoms with Gasteiger partial charge in [-0.25, -0.2) is 0 Å². The number of H-pyrrole nitrogens is 1. The summed E-state index contributed by atoms with van der Waals surface area (Å²) in [5, 5.41) is 0.726. The van der Waals surface area contributed by atoms with Crippen molar-refractivity contribution in [3.05, 3.63) is 41.6 Å². The highest BCUT2D eigenvalue weighted by Crippen LogP contribution is 2.27. The van der Waals surface area contributed by atoms with E-state index in [-0.39, 0.29) is 0 Å². The molecule has 1 aromatic heterocycles. The van der Waals surface area contributed by atoms with E-state index in [2.05, 4.69) is 4.98 Å². The predicted octanol–water partition coefficient (Wildman–Crippen LogP) is 2.92. The third-order valence-electron chi connectivity index (χ3n) is 1.87. The zero-order valence-corrected chi connectivity index (χ0v) is 7.68. The molecule has 0 bridgehead atoms. The van der Waals surface area contributed by atoms with E-state index in [0.29, 0.717) is 0 Å². The minimum absolute atomic E-state index is 0.718. The molecule has 2 nitrogen and oxygen atoms in total. The van der Waals surface area contributed by atoms with Crippen molar-refractivity contribution < 1.29 is 0 Å². The topological polar surface area (TPSA) is 41.8 Å². The summed E-state index contributed by atoms with van der Waals surface area (Å²) >= 11 is 6.01. The molecule has 0 aliphatic heterocycles. The van der Waals surface area contributed by atoms with Crippen LogP contribution in [0.2, 0.25) is 5.02 Å². The zero-order chi connectivity index (χ0) is 9.26. The number of aromatic nitrogens is 1. The van der Waals surface area contributed by atoms with Gasteiger partial charge in [-0.2, -0.15) is 0 Å². The van der Waals surface area contributed by atoms with Crippen LogP contribution in [-0.4, -0.2) is 4.98 Å². The van der Waals surface area contributed by atoms with E-state index in [1.165, 1.54) is 0 Å². The van der Waals surface area contributed by atoms with Crippen LogP contribution in [0.1, 0.15) is 0 Å². The van der Waals surface area contributed by atoms with Gasteiger partial charge in [-0.05, 0) is 12.1 Å². The Labute approximate surface area is 81.3 Å². The molecule has 2 rings (SSSR count). The summed E-state index contributed by atoms with van der Waals surface area (Å²) in [5.74, 6) is 0. The summed E-state index contributed by atoms with van der Waals surface area (Å²) < 4.78 is 0. The molecule has 0 radical (unpaired) electrons. The Balaban J connectivity index is 2.52. The molecule has 1 aromatic carbocycles. The van der Waals surface area contributed by atoms with Crippen LogP contribution < -0.4 is 5.73 Å². The van der Waals surface area contributed by atoms with E-state index >= 15 is 0 Å². The van der Waals surface area contributed by atoms with Gasteiger partial charge in [0.2, 0.25) is 0 Å². The lowest BCUT2D eigenvalue weighted by Crippen LogP contribution is -1.78. The fraction of sp³-hybridized carbons (Fsp3) is 0. The predicted molar refractivity (Wildman–Crippen MR) is 55.7 cm³/mol. The third kappa shape index (κ3) is 1.53. The van der Waals surface area contributed by atoms with Crippen molar-refractivity contribution in [3.8, 4) is 11.3 Å². The van der Waals surface area contributed by atoms with Gasteiger partial charge in [0.25, 0.3) is 0 Å². The van der Waals surface area contributed by atoms with E-state index in [1.807, 2.05) is 30.3 Å². The van der Waals surface area contributed by atoms with Crippen molar-refractivity contribution in [2.75, 3.05) is 5.73 Å². The lowest BCUT2D eigenvalue weighted by Gasteiger charge is -1.99. The lowest BCUT2D eigenvalue weighted by molar-refractivity contribution is 1.40. The van der Waals surface area contributed by atoms with Crippen molar-refractivity contribution in [3.63, 3.8) is 0 Å². The van der Waals surface area contributed by atoms with Gasteiger partial charge in [-0.3, -0.25) is 0 Å². The van der Waals surface area contributed by atoms with Gasteiger partial charge in [0.1, 0.15) is 0 Å². The summed E-state index contributed by atoms with van der Waals surface area (Å²) in [6.45, 7) is 0. The Bertz CT molecular complexity index is 420. The van der Waals surface area contributed by atoms with E-state index < -0.39 is 0 Å². The van der Waals surface area contributed by atoms with Crippen molar-refractivity contribution >= 4 is 17.3 Å². The normalized spacial score (nSPS) is 10.2. The maximum atomic E-state index is 6.01. The quantitative estimate of drug-likeness (QED) is 0.717. The maximum absolute atomic E-state index is 6.01. The Morgan fingerprint density at radius 2 is 2.00 bits per heavy atom. The summed E-state index contributed by atoms with van der Waals surface area (Å²) in [4.78, 5) is 3.05. The maximum Gasteiger partial charge on any atom is 0.0499 e. The number of nitrogen functional groups attached to an aromatic ring is 1. The molecule has 1 heterocycles. The number of halogens is 1. The fourth-order valence-corrected chi connectivity index (χ4v) is 1.48. The first-order valence-corrected chi connectivity index (χ1v) is 4.34. The minimum Gasteiger partial charge on any atom is -0.397 e. The van der Waals surface area contributed by atoms with E-state index in [0.717, 1.165) is 22.0 Å². The van der Waals surface area contributed by atoms with Crippen molar-refractivity contribution in [1.82, 2.24) is 4.98 Å². The molecule has 0 atom stereocenters. The first kappa shape index (κ1) is 8.20. The van der Waals surface area contributed by atoms with E-state index in [9.17, 15) is 0 Å². The second-order valence-electron chi connectivity index (χ2n) is 2.83. The monoisotopic (exact) mass is 192 g/mol. The minimum atomic E-state index is 0.718. The summed E-state index contributed by atoms with van der Waals surface area (Å²) in [7, 11) is 0. The highest BCUT2D eigenvalue weighted by Gasteiger charge is 2.03. The van der Waals surface area contributed by atoms with Crippen LogP contribution in [0.25, 0.3) is 11.3 Å². The molecule has 0 fully saturated rings. The molecule has 66 valence electrons. The second kappa shape index (κ2) is 3.15. The fourth-order valence-electron chi connectivity index (χ4n) is 1.25. The van der Waals surface area contributed by atoms with Crippen molar-refractivity contribution in [2.24, 2.45) is 0 Å². The summed E-state index contributed by atoms with van der Waals surface area (Å²) in [6.07, 6.45) is 1.75. The van der Waals surface area contributed by atoms with Crippen molar-refractivity contribution in [1.29, 1.82) is 0 Å². The average Bonchev–Trinajstić information content (AvgIpc) is 2.53. The number of hydrogen-bond acceptors (Lipinski definition) is 1. The van der Waals surface area contributed by atoms with Crippen LogP contribution in [-0.2, 0) is 0 Å². The molecule has 3 heteroatoms. The van der Waals surface area contributed by atoms with Crippen LogP contribution in [0, 0.1) is 0 Å². The van der Waals surface area contributed by atoms with Crippen LogP contribution in [0.5, 0.6) is 0 Å². The van der Waals surface area contributed by atoms with Gasteiger partial charge < -0.3 is 10.7 Å². The third-order valence-corrected chi connectivity index (χ3v) is 2.20. The smallest absolute Gasteiger partial charge is 0.0499 e. The van der Waals surface area contributed by atoms with Crippen LogP contribution in [0.4, 0.5) is 5.69 Å². The van der Waals surface area contributed by atoms with Gasteiger partial charge in [0.05, 0.1) is 0 Å². The van der Waals surface area contributed by atoms with Gasteiger partial charge >= 0.3 is 0 Å². The molecular formula is C10H9ClN2. The van der Waals surface area contributed by atoms with Gasteiger partial charge in [-0.1, -0.05) is 29.8 Å². The first-order chi connectivity index (χ1) is 6.27. The zero-order valence-electron chi connectivity index (χ0n) is 6.92. The number of aromatic amines is 1. The Morgan fingerprint density at radius 1 is 1.23 bits per heavy atom. The van der Waals surface area contributed by atoms with E-state index in [4.69, 9.17) is 17.3 Å². The number of nitrogens with two attached hydrogens (primary N) is 1. The highest BCUT2D eigenvalue weighted by atomic mass is 35.5. The number of anilines is 1. The van der Waals surface area contributed by atoms with Crippen molar-refractivity contribution in [2.45, 2.75) is 0 Å². The number of nitrogens with one attached hydrogen (secondary N) is 1. The van der Waals surface area contributed by atoms with Gasteiger partial charge in [0, 0.05) is 28.2 Å². The molecule has 0 spiro atoms. The molecule has 0 saturated heterocycles. The largest absolute Gasteiger partial charge is 0.397 e. The first-order valence-electron chi connectivity index (χ1n) is 3.96. The van der Waals surface area contributed by atoms with Crippen LogP contribution in [0.3, 0.4) is 0 Å². The lowest BCUT2D eigenvalue weighted by atomic mass is 10.1. The summed E-state index contributed by atoms with van der Waals surface area (Å²) in [6, 6.07) is 9.51. The van der Waals surface area contributed by atoms with Gasteiger partial charge in [0.15, 0.2) is 0 Å². The Morgan fingerprint density at radius 3 is 2.62 bits per heavy atom. The Hall–Kier alpha value is -1.41. The molecule has 2 aromatic rings. The second-order valence-corrected chi connectivity index (χ2v) is 3.23. The number of rotatable bonds is 1.